The minimum Gasteiger partial charge on any atom is -1.00 e. The van der Waals surface area contributed by atoms with Crippen molar-refractivity contribution < 1.29 is 54.6 Å². The Labute approximate surface area is 275 Å². The van der Waals surface area contributed by atoms with Gasteiger partial charge in [0, 0.05) is 13.2 Å². The Kier molecular flexibility index (Phi) is 52.9. The molecule has 0 saturated carbocycles. The Morgan fingerprint density at radius 2 is 0.923 bits per heavy atom. The van der Waals surface area contributed by atoms with Crippen molar-refractivity contribution in [2.24, 2.45) is 0 Å². The number of nitrogens with one attached hydrogen (secondary N) is 3. The van der Waals surface area contributed by atoms with Crippen LogP contribution in [0.15, 0.2) is 0 Å². The second kappa shape index (κ2) is 41.4. The molecule has 0 radical (unpaired) electrons. The average molecular weight is 654 g/mol. The summed E-state index contributed by atoms with van der Waals surface area (Å²) in [4.78, 5) is 2.25. The summed E-state index contributed by atoms with van der Waals surface area (Å²) in [5.41, 5.74) is 0. The number of unbranched alkanes of at least 4 members (excludes halogenated alkanes) is 18. The maximum atomic E-state index is 3.84. The molecule has 39 heavy (non-hydrogen) atoms. The SMILES string of the molecule is CCCCCCCCCCCCC1NCNC(CCN(C)C)N1.[CH2-]CCCCCCCCCCC.[Cl-].[Cl-].[Cl-].[Cr+4]. The second-order valence-corrected chi connectivity index (χ2v) is 11.1. The molecule has 0 amide bonds. The first-order valence-corrected chi connectivity index (χ1v) is 15.8. The van der Waals surface area contributed by atoms with Crippen LogP contribution in [0.1, 0.15) is 155 Å². The molecule has 3 N–H and O–H groups in total. The van der Waals surface area contributed by atoms with E-state index in [1.807, 2.05) is 0 Å². The summed E-state index contributed by atoms with van der Waals surface area (Å²) in [5.74, 6) is 0. The van der Waals surface area contributed by atoms with Crippen LogP contribution >= 0.6 is 0 Å². The van der Waals surface area contributed by atoms with E-state index in [4.69, 9.17) is 0 Å². The monoisotopic (exact) mass is 652 g/mol. The van der Waals surface area contributed by atoms with Crippen molar-refractivity contribution in [2.75, 3.05) is 27.3 Å². The molecule has 0 aromatic rings. The number of hydrogen-bond donors (Lipinski definition) is 3. The molecule has 2 atom stereocenters. The van der Waals surface area contributed by atoms with Gasteiger partial charge in [-0.1, -0.05) is 136 Å². The fourth-order valence-electron chi connectivity index (χ4n) is 4.75. The molecule has 1 heterocycles. The van der Waals surface area contributed by atoms with Crippen molar-refractivity contribution in [3.63, 3.8) is 0 Å². The van der Waals surface area contributed by atoms with Crippen molar-refractivity contribution in [1.29, 1.82) is 0 Å². The van der Waals surface area contributed by atoms with Crippen molar-refractivity contribution in [3.05, 3.63) is 6.92 Å². The first kappa shape index (κ1) is 49.9. The number of hydrogen-bond acceptors (Lipinski definition) is 4. The Balaban J connectivity index is -0.000000209. The van der Waals surface area contributed by atoms with Gasteiger partial charge in [0.2, 0.25) is 0 Å². The van der Waals surface area contributed by atoms with Gasteiger partial charge in [0.25, 0.3) is 0 Å². The summed E-state index contributed by atoms with van der Waals surface area (Å²) in [6.07, 6.45) is 31.4. The predicted octanol–water partition coefficient (Wildman–Crippen LogP) is -0.608. The van der Waals surface area contributed by atoms with E-state index in [0.717, 1.165) is 19.6 Å². The van der Waals surface area contributed by atoms with E-state index in [0.29, 0.717) is 12.3 Å². The van der Waals surface area contributed by atoms with Crippen LogP contribution in [-0.2, 0) is 17.4 Å². The van der Waals surface area contributed by atoms with E-state index in [-0.39, 0.29) is 54.6 Å². The standard InChI is InChI=1S/C19H42N4.C12H25.3ClH.Cr/c1-4-5-6-7-8-9-10-11-12-13-14-18-20-17-21-19(22-18)15-16-23(2)3;1-3-5-7-9-11-12-10-8-6-4-2;;;;/h18-22H,4-17H2,1-3H3;1,3-12H2,2H3;3*1H;/q;-1;;;;+4/p-3. The van der Waals surface area contributed by atoms with Gasteiger partial charge in [0.15, 0.2) is 0 Å². The molecule has 0 aromatic heterocycles. The second-order valence-electron chi connectivity index (χ2n) is 11.1. The zero-order valence-corrected chi connectivity index (χ0v) is 29.9. The van der Waals surface area contributed by atoms with Crippen molar-refractivity contribution in [2.45, 2.75) is 167 Å². The maximum absolute atomic E-state index is 3.84. The summed E-state index contributed by atoms with van der Waals surface area (Å²) >= 11 is 0. The first-order chi connectivity index (χ1) is 17.1. The van der Waals surface area contributed by atoms with Crippen molar-refractivity contribution in [1.82, 2.24) is 20.9 Å². The molecular weight excluding hydrogens is 587 g/mol. The molecule has 0 bridgehead atoms. The van der Waals surface area contributed by atoms with Crippen LogP contribution in [0.5, 0.6) is 0 Å². The Bertz CT molecular complexity index is 400. The zero-order valence-electron chi connectivity index (χ0n) is 26.3. The van der Waals surface area contributed by atoms with Gasteiger partial charge < -0.3 is 49.0 Å². The van der Waals surface area contributed by atoms with Gasteiger partial charge in [0.1, 0.15) is 0 Å². The van der Waals surface area contributed by atoms with Crippen LogP contribution in [0.3, 0.4) is 0 Å². The van der Waals surface area contributed by atoms with E-state index < -0.39 is 0 Å². The molecule has 0 spiro atoms. The smallest absolute Gasteiger partial charge is 1.00 e. The van der Waals surface area contributed by atoms with E-state index >= 15 is 0 Å². The Morgan fingerprint density at radius 1 is 0.564 bits per heavy atom. The quantitative estimate of drug-likeness (QED) is 0.102. The van der Waals surface area contributed by atoms with Crippen LogP contribution in [0.4, 0.5) is 0 Å². The normalized spacial score (nSPS) is 16.2. The molecule has 8 heteroatoms. The van der Waals surface area contributed by atoms with Gasteiger partial charge in [-0.15, -0.1) is 0 Å². The van der Waals surface area contributed by atoms with Gasteiger partial charge in [-0.05, 0) is 26.9 Å². The van der Waals surface area contributed by atoms with E-state index in [1.165, 1.54) is 135 Å². The minimum absolute atomic E-state index is 0. The van der Waals surface area contributed by atoms with Crippen LogP contribution in [0, 0.1) is 6.92 Å². The molecule has 0 aliphatic carbocycles. The van der Waals surface area contributed by atoms with Crippen LogP contribution < -0.4 is 53.2 Å². The third-order valence-corrected chi connectivity index (χ3v) is 7.16. The first-order valence-electron chi connectivity index (χ1n) is 15.8. The molecule has 1 saturated heterocycles. The number of halogens is 3. The van der Waals surface area contributed by atoms with Crippen LogP contribution in [0.25, 0.3) is 0 Å². The molecular formula is C31H67Cl3CrN4. The molecule has 1 fully saturated rings. The summed E-state index contributed by atoms with van der Waals surface area (Å²) in [7, 11) is 4.28. The molecule has 1 aliphatic rings. The Hall–Kier alpha value is 1.24. The van der Waals surface area contributed by atoms with E-state index in [1.54, 1.807) is 0 Å². The minimum atomic E-state index is 0. The van der Waals surface area contributed by atoms with Crippen molar-refractivity contribution >= 4 is 0 Å². The van der Waals surface area contributed by atoms with Gasteiger partial charge in [-0.2, -0.15) is 6.42 Å². The average Bonchev–Trinajstić information content (AvgIpc) is 2.86. The van der Waals surface area contributed by atoms with E-state index in [2.05, 4.69) is 55.7 Å². The van der Waals surface area contributed by atoms with Gasteiger partial charge in [-0.25, -0.2) is 0 Å². The molecule has 1 rings (SSSR count). The molecule has 4 nitrogen and oxygen atoms in total. The van der Waals surface area contributed by atoms with Gasteiger partial charge in [-0.3, -0.25) is 16.0 Å². The predicted molar refractivity (Wildman–Crippen MR) is 159 cm³/mol. The number of rotatable bonds is 23. The zero-order chi connectivity index (χ0) is 25.8. The molecule has 2 unspecified atom stereocenters. The summed E-state index contributed by atoms with van der Waals surface area (Å²) < 4.78 is 0. The summed E-state index contributed by atoms with van der Waals surface area (Å²) in [6, 6.07) is 0. The van der Waals surface area contributed by atoms with E-state index in [9.17, 15) is 0 Å². The van der Waals surface area contributed by atoms with Crippen LogP contribution in [0.2, 0.25) is 0 Å². The third-order valence-electron chi connectivity index (χ3n) is 7.16. The topological polar surface area (TPSA) is 39.3 Å². The molecule has 238 valence electrons. The maximum Gasteiger partial charge on any atom is 4.00 e. The number of nitrogens with zero attached hydrogens (tertiary/aromatic N) is 1. The fourth-order valence-corrected chi connectivity index (χ4v) is 4.75. The third kappa shape index (κ3) is 39.2. The largest absolute Gasteiger partial charge is 4.00 e. The Morgan fingerprint density at radius 3 is 1.31 bits per heavy atom. The van der Waals surface area contributed by atoms with Crippen molar-refractivity contribution in [3.8, 4) is 0 Å². The summed E-state index contributed by atoms with van der Waals surface area (Å²) in [5, 5.41) is 10.7. The summed E-state index contributed by atoms with van der Waals surface area (Å²) in [6.45, 7) is 10.5. The van der Waals surface area contributed by atoms with Crippen LogP contribution in [-0.4, -0.2) is 44.5 Å². The molecule has 1 aliphatic heterocycles. The van der Waals surface area contributed by atoms with Gasteiger partial charge >= 0.3 is 17.4 Å². The fraction of sp³-hybridized carbons (Fsp3) is 0.968. The molecule has 0 aromatic carbocycles. The van der Waals surface area contributed by atoms with Gasteiger partial charge in [0.05, 0.1) is 12.3 Å².